The molecule has 2 aromatic rings. The van der Waals surface area contributed by atoms with E-state index in [1.54, 1.807) is 11.8 Å². The highest BCUT2D eigenvalue weighted by molar-refractivity contribution is 5.87. The SMILES string of the molecule is CC(C)NC(=O)[C@H](C)N(CCc1ccccc1)C(=O)CCc1ccc2c(c1)OCCO2. The third kappa shape index (κ3) is 6.48. The largest absolute Gasteiger partial charge is 0.486 e. The molecule has 0 aromatic heterocycles. The first-order chi connectivity index (χ1) is 14.9. The number of benzene rings is 2. The zero-order valence-corrected chi connectivity index (χ0v) is 18.6. The lowest BCUT2D eigenvalue weighted by Gasteiger charge is -2.29. The Bertz CT molecular complexity index is 882. The van der Waals surface area contributed by atoms with Gasteiger partial charge in [-0.05, 0) is 56.9 Å². The maximum atomic E-state index is 13.1. The Morgan fingerprint density at radius 1 is 0.935 bits per heavy atom. The summed E-state index contributed by atoms with van der Waals surface area (Å²) in [7, 11) is 0. The molecule has 0 aliphatic carbocycles. The smallest absolute Gasteiger partial charge is 0.242 e. The molecule has 3 rings (SSSR count). The summed E-state index contributed by atoms with van der Waals surface area (Å²) in [5.41, 5.74) is 2.16. The van der Waals surface area contributed by atoms with Gasteiger partial charge in [-0.15, -0.1) is 0 Å². The van der Waals surface area contributed by atoms with Crippen molar-refractivity contribution in [3.63, 3.8) is 0 Å². The van der Waals surface area contributed by atoms with E-state index < -0.39 is 6.04 Å². The molecule has 1 aliphatic heterocycles. The number of hydrogen-bond donors (Lipinski definition) is 1. The maximum Gasteiger partial charge on any atom is 0.242 e. The summed E-state index contributed by atoms with van der Waals surface area (Å²) in [6, 6.07) is 15.3. The van der Waals surface area contributed by atoms with Gasteiger partial charge in [-0.3, -0.25) is 9.59 Å². The minimum Gasteiger partial charge on any atom is -0.486 e. The van der Waals surface area contributed by atoms with Crippen molar-refractivity contribution >= 4 is 11.8 Å². The maximum absolute atomic E-state index is 13.1. The molecule has 0 bridgehead atoms. The fourth-order valence-electron chi connectivity index (χ4n) is 3.61. The molecule has 2 aromatic carbocycles. The van der Waals surface area contributed by atoms with Crippen molar-refractivity contribution in [2.24, 2.45) is 0 Å². The summed E-state index contributed by atoms with van der Waals surface area (Å²) in [6.07, 6.45) is 1.61. The Labute approximate surface area is 184 Å². The van der Waals surface area contributed by atoms with Crippen molar-refractivity contribution in [3.05, 3.63) is 59.7 Å². The standard InChI is InChI=1S/C25H32N2O4/c1-18(2)26-25(29)19(3)27(14-13-20-7-5-4-6-8-20)24(28)12-10-21-9-11-22-23(17-21)31-16-15-30-22/h4-9,11,17-19H,10,12-16H2,1-3H3,(H,26,29)/t19-/m0/s1. The van der Waals surface area contributed by atoms with Crippen molar-refractivity contribution in [1.82, 2.24) is 10.2 Å². The summed E-state index contributed by atoms with van der Waals surface area (Å²) >= 11 is 0. The minimum absolute atomic E-state index is 0.0266. The fourth-order valence-corrected chi connectivity index (χ4v) is 3.61. The molecule has 2 amide bonds. The molecule has 1 heterocycles. The van der Waals surface area contributed by atoms with E-state index in [1.807, 2.05) is 62.4 Å². The first kappa shape index (κ1) is 22.7. The molecule has 1 aliphatic rings. The molecule has 1 N–H and O–H groups in total. The highest BCUT2D eigenvalue weighted by atomic mass is 16.6. The molecule has 0 unspecified atom stereocenters. The summed E-state index contributed by atoms with van der Waals surface area (Å²) in [5, 5.41) is 2.92. The van der Waals surface area contributed by atoms with Crippen LogP contribution in [0.5, 0.6) is 11.5 Å². The summed E-state index contributed by atoms with van der Waals surface area (Å²) in [5.74, 6) is 1.31. The van der Waals surface area contributed by atoms with Crippen LogP contribution < -0.4 is 14.8 Å². The number of aryl methyl sites for hydroxylation is 1. The molecule has 31 heavy (non-hydrogen) atoms. The predicted molar refractivity (Wildman–Crippen MR) is 120 cm³/mol. The quantitative estimate of drug-likeness (QED) is 0.670. The molecular weight excluding hydrogens is 392 g/mol. The summed E-state index contributed by atoms with van der Waals surface area (Å²) < 4.78 is 11.2. The van der Waals surface area contributed by atoms with Gasteiger partial charge in [0.25, 0.3) is 0 Å². The molecular formula is C25H32N2O4. The second-order valence-electron chi connectivity index (χ2n) is 8.14. The van der Waals surface area contributed by atoms with E-state index >= 15 is 0 Å². The van der Waals surface area contributed by atoms with Gasteiger partial charge in [0.2, 0.25) is 11.8 Å². The molecule has 0 saturated carbocycles. The van der Waals surface area contributed by atoms with Gasteiger partial charge in [0.1, 0.15) is 19.3 Å². The number of rotatable bonds is 9. The molecule has 1 atom stereocenters. The first-order valence-electron chi connectivity index (χ1n) is 11.0. The van der Waals surface area contributed by atoms with Gasteiger partial charge in [0, 0.05) is 19.0 Å². The summed E-state index contributed by atoms with van der Waals surface area (Å²) in [6.45, 7) is 7.22. The lowest BCUT2D eigenvalue weighted by atomic mass is 10.1. The zero-order chi connectivity index (χ0) is 22.2. The normalized spacial score (nSPS) is 13.5. The highest BCUT2D eigenvalue weighted by Crippen LogP contribution is 2.31. The second kappa shape index (κ2) is 10.8. The molecule has 0 spiro atoms. The molecule has 0 saturated heterocycles. The summed E-state index contributed by atoms with van der Waals surface area (Å²) in [4.78, 5) is 27.5. The van der Waals surface area contributed by atoms with Crippen molar-refractivity contribution in [3.8, 4) is 11.5 Å². The average molecular weight is 425 g/mol. The number of nitrogens with one attached hydrogen (secondary N) is 1. The Morgan fingerprint density at radius 3 is 2.35 bits per heavy atom. The fraction of sp³-hybridized carbons (Fsp3) is 0.440. The first-order valence-corrected chi connectivity index (χ1v) is 11.0. The van der Waals surface area contributed by atoms with Crippen molar-refractivity contribution in [1.29, 1.82) is 0 Å². The second-order valence-corrected chi connectivity index (χ2v) is 8.14. The van der Waals surface area contributed by atoms with Crippen LogP contribution in [0.15, 0.2) is 48.5 Å². The Balaban J connectivity index is 1.66. The number of nitrogens with zero attached hydrogens (tertiary/aromatic N) is 1. The molecule has 6 heteroatoms. The molecule has 6 nitrogen and oxygen atoms in total. The Kier molecular flexibility index (Phi) is 7.93. The van der Waals surface area contributed by atoms with Crippen LogP contribution in [0.2, 0.25) is 0 Å². The van der Waals surface area contributed by atoms with E-state index in [1.165, 1.54) is 0 Å². The molecule has 0 fully saturated rings. The van der Waals surface area contributed by atoms with E-state index in [0.717, 1.165) is 22.6 Å². The zero-order valence-electron chi connectivity index (χ0n) is 18.6. The van der Waals surface area contributed by atoms with E-state index in [9.17, 15) is 9.59 Å². The van der Waals surface area contributed by atoms with Crippen LogP contribution in [0, 0.1) is 0 Å². The molecule has 166 valence electrons. The predicted octanol–water partition coefficient (Wildman–Crippen LogP) is 3.37. The van der Waals surface area contributed by atoms with Gasteiger partial charge < -0.3 is 19.7 Å². The van der Waals surface area contributed by atoms with E-state index in [2.05, 4.69) is 5.32 Å². The number of carbonyl (C=O) groups excluding carboxylic acids is 2. The Hall–Kier alpha value is -3.02. The van der Waals surface area contributed by atoms with Crippen molar-refractivity contribution in [2.45, 2.75) is 52.1 Å². The van der Waals surface area contributed by atoms with Crippen LogP contribution in [0.1, 0.15) is 38.3 Å². The highest BCUT2D eigenvalue weighted by Gasteiger charge is 2.26. The van der Waals surface area contributed by atoms with E-state index in [4.69, 9.17) is 9.47 Å². The van der Waals surface area contributed by atoms with Gasteiger partial charge in [-0.1, -0.05) is 36.4 Å². The lowest BCUT2D eigenvalue weighted by molar-refractivity contribution is -0.140. The van der Waals surface area contributed by atoms with Crippen molar-refractivity contribution < 1.29 is 19.1 Å². The number of carbonyl (C=O) groups is 2. The van der Waals surface area contributed by atoms with Gasteiger partial charge in [0.05, 0.1) is 0 Å². The van der Waals surface area contributed by atoms with Crippen molar-refractivity contribution in [2.75, 3.05) is 19.8 Å². The molecule has 0 radical (unpaired) electrons. The van der Waals surface area contributed by atoms with Gasteiger partial charge in [-0.25, -0.2) is 0 Å². The number of hydrogen-bond acceptors (Lipinski definition) is 4. The monoisotopic (exact) mass is 424 g/mol. The minimum atomic E-state index is -0.529. The van der Waals surface area contributed by atoms with Crippen LogP contribution >= 0.6 is 0 Å². The topological polar surface area (TPSA) is 67.9 Å². The van der Waals surface area contributed by atoms with Gasteiger partial charge in [-0.2, -0.15) is 0 Å². The van der Waals surface area contributed by atoms with E-state index in [0.29, 0.717) is 39.0 Å². The van der Waals surface area contributed by atoms with Crippen LogP contribution in [-0.2, 0) is 22.4 Å². The van der Waals surface area contributed by atoms with Gasteiger partial charge in [0.15, 0.2) is 11.5 Å². The average Bonchev–Trinajstić information content (AvgIpc) is 2.77. The third-order valence-electron chi connectivity index (χ3n) is 5.32. The van der Waals surface area contributed by atoms with Crippen LogP contribution in [0.3, 0.4) is 0 Å². The lowest BCUT2D eigenvalue weighted by Crippen LogP contribution is -2.50. The van der Waals surface area contributed by atoms with Crippen LogP contribution in [-0.4, -0.2) is 48.6 Å². The Morgan fingerprint density at radius 2 is 1.65 bits per heavy atom. The van der Waals surface area contributed by atoms with E-state index in [-0.39, 0.29) is 17.9 Å². The van der Waals surface area contributed by atoms with Gasteiger partial charge >= 0.3 is 0 Å². The van der Waals surface area contributed by atoms with Crippen LogP contribution in [0.25, 0.3) is 0 Å². The number of fused-ring (bicyclic) bond motifs is 1. The number of ether oxygens (including phenoxy) is 2. The van der Waals surface area contributed by atoms with Crippen LogP contribution in [0.4, 0.5) is 0 Å². The number of amides is 2. The third-order valence-corrected chi connectivity index (χ3v) is 5.32.